The van der Waals surface area contributed by atoms with E-state index in [0.29, 0.717) is 16.4 Å². The maximum Gasteiger partial charge on any atom is 0.264 e. The van der Waals surface area contributed by atoms with Crippen molar-refractivity contribution in [3.8, 4) is 0 Å². The van der Waals surface area contributed by atoms with Gasteiger partial charge in [0.15, 0.2) is 0 Å². The van der Waals surface area contributed by atoms with Gasteiger partial charge in [-0.1, -0.05) is 23.7 Å². The van der Waals surface area contributed by atoms with Gasteiger partial charge >= 0.3 is 0 Å². The number of sulfonamides is 1. The molecule has 0 atom stereocenters. The fourth-order valence-electron chi connectivity index (χ4n) is 2.56. The molecule has 1 heterocycles. The van der Waals surface area contributed by atoms with Crippen LogP contribution in [-0.4, -0.2) is 26.4 Å². The predicted octanol–water partition coefficient (Wildman–Crippen LogP) is 4.12. The maximum atomic E-state index is 13.0. The van der Waals surface area contributed by atoms with Crippen LogP contribution in [0.5, 0.6) is 0 Å². The van der Waals surface area contributed by atoms with E-state index in [9.17, 15) is 13.2 Å². The summed E-state index contributed by atoms with van der Waals surface area (Å²) < 4.78 is 27.1. The van der Waals surface area contributed by atoms with Crippen molar-refractivity contribution in [3.63, 3.8) is 0 Å². The minimum atomic E-state index is -3.86. The lowest BCUT2D eigenvalue weighted by atomic mass is 10.2. The van der Waals surface area contributed by atoms with E-state index in [0.717, 1.165) is 9.87 Å². The summed E-state index contributed by atoms with van der Waals surface area (Å²) in [5.41, 5.74) is 2.07. The van der Waals surface area contributed by atoms with Crippen LogP contribution in [0.15, 0.2) is 71.9 Å². The standard InChI is InChI=1S/C20H18ClN3O3S/c1-14-9-10-22-13-19(14)23-20(25)15-5-3-8-18(11-15)28(26,27)24(2)17-7-4-6-16(21)12-17/h3-13H,1-2H3,(H,23,25). The van der Waals surface area contributed by atoms with Crippen LogP contribution in [0.3, 0.4) is 0 Å². The highest BCUT2D eigenvalue weighted by molar-refractivity contribution is 7.92. The Hall–Kier alpha value is -2.90. The molecule has 0 aliphatic rings. The van der Waals surface area contributed by atoms with E-state index in [4.69, 9.17) is 11.6 Å². The third-order valence-corrected chi connectivity index (χ3v) is 6.23. The second kappa shape index (κ2) is 8.00. The normalized spacial score (nSPS) is 11.1. The number of aryl methyl sites for hydroxylation is 1. The number of amides is 1. The van der Waals surface area contributed by atoms with Crippen molar-refractivity contribution in [3.05, 3.63) is 83.1 Å². The highest BCUT2D eigenvalue weighted by Gasteiger charge is 2.22. The van der Waals surface area contributed by atoms with E-state index >= 15 is 0 Å². The summed E-state index contributed by atoms with van der Waals surface area (Å²) in [5, 5.41) is 3.18. The highest BCUT2D eigenvalue weighted by atomic mass is 35.5. The molecule has 1 aromatic heterocycles. The molecule has 0 aliphatic carbocycles. The van der Waals surface area contributed by atoms with E-state index < -0.39 is 15.9 Å². The van der Waals surface area contributed by atoms with Crippen molar-refractivity contribution in [2.24, 2.45) is 0 Å². The Morgan fingerprint density at radius 1 is 1.11 bits per heavy atom. The molecule has 8 heteroatoms. The van der Waals surface area contributed by atoms with Gasteiger partial charge in [0.25, 0.3) is 15.9 Å². The molecule has 0 spiro atoms. The van der Waals surface area contributed by atoms with Crippen LogP contribution in [0.1, 0.15) is 15.9 Å². The first-order chi connectivity index (χ1) is 13.3. The number of aromatic nitrogens is 1. The minimum Gasteiger partial charge on any atom is -0.320 e. The van der Waals surface area contributed by atoms with Gasteiger partial charge in [-0.2, -0.15) is 0 Å². The second-order valence-electron chi connectivity index (χ2n) is 6.12. The minimum absolute atomic E-state index is 0.00512. The van der Waals surface area contributed by atoms with Crippen LogP contribution in [0.4, 0.5) is 11.4 Å². The van der Waals surface area contributed by atoms with Gasteiger partial charge in [0.1, 0.15) is 0 Å². The Morgan fingerprint density at radius 2 is 1.86 bits per heavy atom. The third-order valence-electron chi connectivity index (χ3n) is 4.21. The number of halogens is 1. The summed E-state index contributed by atoms with van der Waals surface area (Å²) in [5.74, 6) is -0.418. The monoisotopic (exact) mass is 415 g/mol. The number of hydrogen-bond donors (Lipinski definition) is 1. The van der Waals surface area contributed by atoms with Gasteiger partial charge in [-0.05, 0) is 55.0 Å². The molecule has 1 N–H and O–H groups in total. The smallest absolute Gasteiger partial charge is 0.264 e. The largest absolute Gasteiger partial charge is 0.320 e. The molecule has 3 rings (SSSR count). The van der Waals surface area contributed by atoms with E-state index in [1.807, 2.05) is 6.92 Å². The summed E-state index contributed by atoms with van der Waals surface area (Å²) in [6.45, 7) is 1.85. The summed E-state index contributed by atoms with van der Waals surface area (Å²) in [6.07, 6.45) is 3.17. The topological polar surface area (TPSA) is 79.4 Å². The Labute approximate surface area is 168 Å². The molecule has 0 radical (unpaired) electrons. The van der Waals surface area contributed by atoms with Crippen molar-refractivity contribution >= 4 is 38.9 Å². The van der Waals surface area contributed by atoms with Crippen molar-refractivity contribution in [2.75, 3.05) is 16.7 Å². The van der Waals surface area contributed by atoms with Crippen molar-refractivity contribution in [1.29, 1.82) is 0 Å². The Kier molecular flexibility index (Phi) is 5.67. The SMILES string of the molecule is Cc1ccncc1NC(=O)c1cccc(S(=O)(=O)N(C)c2cccc(Cl)c2)c1. The van der Waals surface area contributed by atoms with Crippen LogP contribution in [0.2, 0.25) is 5.02 Å². The number of rotatable bonds is 5. The van der Waals surface area contributed by atoms with Gasteiger partial charge in [0.2, 0.25) is 0 Å². The van der Waals surface area contributed by atoms with Crippen LogP contribution in [-0.2, 0) is 10.0 Å². The first-order valence-electron chi connectivity index (χ1n) is 8.35. The number of benzene rings is 2. The van der Waals surface area contributed by atoms with Crippen LogP contribution >= 0.6 is 11.6 Å². The van der Waals surface area contributed by atoms with E-state index in [1.54, 1.807) is 48.8 Å². The fraction of sp³-hybridized carbons (Fsp3) is 0.100. The van der Waals surface area contributed by atoms with Crippen molar-refractivity contribution < 1.29 is 13.2 Å². The molecule has 0 unspecified atom stereocenters. The molecular formula is C20H18ClN3O3S. The molecule has 0 saturated carbocycles. The Balaban J connectivity index is 1.89. The van der Waals surface area contributed by atoms with Crippen LogP contribution in [0, 0.1) is 6.92 Å². The van der Waals surface area contributed by atoms with Crippen LogP contribution < -0.4 is 9.62 Å². The van der Waals surface area contributed by atoms with Gasteiger partial charge < -0.3 is 5.32 Å². The number of pyridine rings is 1. The molecule has 3 aromatic rings. The Morgan fingerprint density at radius 3 is 2.57 bits per heavy atom. The fourth-order valence-corrected chi connectivity index (χ4v) is 3.97. The molecule has 0 saturated heterocycles. The lowest BCUT2D eigenvalue weighted by Gasteiger charge is -2.20. The zero-order valence-electron chi connectivity index (χ0n) is 15.3. The number of hydrogen-bond acceptors (Lipinski definition) is 4. The lowest BCUT2D eigenvalue weighted by molar-refractivity contribution is 0.102. The first-order valence-corrected chi connectivity index (χ1v) is 10.2. The van der Waals surface area contributed by atoms with Gasteiger partial charge in [-0.25, -0.2) is 8.42 Å². The summed E-state index contributed by atoms with van der Waals surface area (Å²) >= 11 is 5.96. The molecule has 28 heavy (non-hydrogen) atoms. The van der Waals surface area contributed by atoms with Gasteiger partial charge in [0.05, 0.1) is 22.5 Å². The molecular weight excluding hydrogens is 398 g/mol. The lowest BCUT2D eigenvalue weighted by Crippen LogP contribution is -2.26. The zero-order valence-corrected chi connectivity index (χ0v) is 16.8. The summed E-state index contributed by atoms with van der Waals surface area (Å²) in [4.78, 5) is 16.6. The predicted molar refractivity (Wildman–Crippen MR) is 110 cm³/mol. The van der Waals surface area contributed by atoms with Gasteiger partial charge in [-0.3, -0.25) is 14.1 Å². The molecule has 2 aromatic carbocycles. The van der Waals surface area contributed by atoms with Crippen molar-refractivity contribution in [2.45, 2.75) is 11.8 Å². The molecule has 1 amide bonds. The van der Waals surface area contributed by atoms with Crippen LogP contribution in [0.25, 0.3) is 0 Å². The average Bonchev–Trinajstić information content (AvgIpc) is 2.69. The average molecular weight is 416 g/mol. The second-order valence-corrected chi connectivity index (χ2v) is 8.53. The first kappa shape index (κ1) is 19.9. The van der Waals surface area contributed by atoms with E-state index in [-0.39, 0.29) is 10.5 Å². The number of nitrogens with one attached hydrogen (secondary N) is 1. The highest BCUT2D eigenvalue weighted by Crippen LogP contribution is 2.25. The molecule has 6 nitrogen and oxygen atoms in total. The van der Waals surface area contributed by atoms with E-state index in [1.165, 1.54) is 25.2 Å². The number of nitrogens with zero attached hydrogens (tertiary/aromatic N) is 2. The van der Waals surface area contributed by atoms with Crippen molar-refractivity contribution in [1.82, 2.24) is 4.98 Å². The third kappa shape index (κ3) is 4.16. The van der Waals surface area contributed by atoms with Gasteiger partial charge in [-0.15, -0.1) is 0 Å². The maximum absolute atomic E-state index is 13.0. The number of anilines is 2. The zero-order chi connectivity index (χ0) is 20.3. The quantitative estimate of drug-likeness (QED) is 0.679. The summed E-state index contributed by atoms with van der Waals surface area (Å²) in [6, 6.07) is 14.2. The van der Waals surface area contributed by atoms with Gasteiger partial charge in [0, 0.05) is 23.8 Å². The summed E-state index contributed by atoms with van der Waals surface area (Å²) in [7, 11) is -2.43. The molecule has 0 aliphatic heterocycles. The molecule has 144 valence electrons. The Bertz CT molecular complexity index is 1130. The molecule has 0 bridgehead atoms. The number of carbonyl (C=O) groups is 1. The van der Waals surface area contributed by atoms with E-state index in [2.05, 4.69) is 10.3 Å². The molecule has 0 fully saturated rings. The number of carbonyl (C=O) groups excluding carboxylic acids is 1.